The van der Waals surface area contributed by atoms with Crippen molar-refractivity contribution in [2.75, 3.05) is 0 Å². The number of nitrogens with zero attached hydrogens (tertiary/aromatic N) is 1. The van der Waals surface area contributed by atoms with Gasteiger partial charge >= 0.3 is 0 Å². The summed E-state index contributed by atoms with van der Waals surface area (Å²) in [6.45, 7) is 0. The second kappa shape index (κ2) is 4.87. The van der Waals surface area contributed by atoms with Crippen LogP contribution in [0.4, 0.5) is 0 Å². The van der Waals surface area contributed by atoms with Crippen LogP contribution in [0.2, 0.25) is 0 Å². The van der Waals surface area contributed by atoms with Crippen LogP contribution < -0.4 is 0 Å². The summed E-state index contributed by atoms with van der Waals surface area (Å²) in [6.07, 6.45) is 5.10. The van der Waals surface area contributed by atoms with Crippen LogP contribution in [0.5, 0.6) is 0 Å². The molecule has 0 amide bonds. The summed E-state index contributed by atoms with van der Waals surface area (Å²) < 4.78 is 0. The Bertz CT molecular complexity index is 367. The molecule has 0 radical (unpaired) electrons. The second-order valence-electron chi connectivity index (χ2n) is 4.01. The first-order valence-electron chi connectivity index (χ1n) is 5.48. The van der Waals surface area contributed by atoms with Crippen LogP contribution in [0.1, 0.15) is 31.2 Å². The molecule has 0 heterocycles. The molecule has 0 fully saturated rings. The van der Waals surface area contributed by atoms with Gasteiger partial charge in [-0.15, -0.1) is 4.91 Å². The lowest BCUT2D eigenvalue weighted by Gasteiger charge is -2.15. The third kappa shape index (κ3) is 2.52. The van der Waals surface area contributed by atoms with Crippen molar-refractivity contribution < 1.29 is 0 Å². The molecule has 0 spiro atoms. The van der Waals surface area contributed by atoms with E-state index in [9.17, 15) is 4.91 Å². The average Bonchev–Trinajstić information content (AvgIpc) is 2.31. The highest BCUT2D eigenvalue weighted by atomic mass is 16.3. The van der Waals surface area contributed by atoms with Gasteiger partial charge in [0.15, 0.2) is 0 Å². The van der Waals surface area contributed by atoms with E-state index in [2.05, 4.69) is 17.3 Å². The van der Waals surface area contributed by atoms with Crippen LogP contribution in [-0.2, 0) is 6.42 Å². The van der Waals surface area contributed by atoms with Gasteiger partial charge in [-0.2, -0.15) is 0 Å². The molecule has 0 N–H and O–H groups in total. The molecular weight excluding hydrogens is 186 g/mol. The molecular formula is C13H15NO. The first-order valence-corrected chi connectivity index (χ1v) is 5.48. The fourth-order valence-corrected chi connectivity index (χ4v) is 2.09. The minimum Gasteiger partial charge on any atom is -0.145 e. The van der Waals surface area contributed by atoms with Crippen LogP contribution in [0.3, 0.4) is 0 Å². The maximum absolute atomic E-state index is 10.7. The van der Waals surface area contributed by atoms with E-state index in [0.717, 1.165) is 31.4 Å². The van der Waals surface area contributed by atoms with E-state index >= 15 is 0 Å². The Morgan fingerprint density at radius 2 is 1.80 bits per heavy atom. The van der Waals surface area contributed by atoms with Gasteiger partial charge in [-0.05, 0) is 48.4 Å². The molecule has 2 nitrogen and oxygen atoms in total. The number of rotatable bonds is 3. The molecule has 1 aromatic carbocycles. The van der Waals surface area contributed by atoms with Gasteiger partial charge in [0.25, 0.3) is 0 Å². The molecule has 78 valence electrons. The number of hydrogen-bond acceptors (Lipinski definition) is 2. The van der Waals surface area contributed by atoms with E-state index in [1.807, 2.05) is 18.2 Å². The topological polar surface area (TPSA) is 29.4 Å². The highest BCUT2D eigenvalue weighted by Crippen LogP contribution is 2.27. The Kier molecular flexibility index (Phi) is 3.28. The van der Waals surface area contributed by atoms with E-state index in [1.54, 1.807) is 0 Å². The monoisotopic (exact) mass is 201 g/mol. The molecule has 0 unspecified atom stereocenters. The Morgan fingerprint density at radius 3 is 2.53 bits per heavy atom. The Balaban J connectivity index is 2.16. The zero-order valence-electron chi connectivity index (χ0n) is 8.78. The van der Waals surface area contributed by atoms with Gasteiger partial charge in [-0.25, -0.2) is 0 Å². The van der Waals surface area contributed by atoms with Crippen LogP contribution in [-0.4, -0.2) is 0 Å². The third-order valence-corrected chi connectivity index (χ3v) is 2.92. The normalized spacial score (nSPS) is 16.5. The maximum Gasteiger partial charge on any atom is 0.0844 e. The third-order valence-electron chi connectivity index (χ3n) is 2.92. The van der Waals surface area contributed by atoms with Crippen molar-refractivity contribution in [1.29, 1.82) is 0 Å². The summed E-state index contributed by atoms with van der Waals surface area (Å²) in [5, 5.41) is 3.15. The van der Waals surface area contributed by atoms with Crippen LogP contribution in [0.25, 0.3) is 0 Å². The Morgan fingerprint density at radius 1 is 1.07 bits per heavy atom. The Labute approximate surface area is 90.0 Å². The van der Waals surface area contributed by atoms with Gasteiger partial charge < -0.3 is 0 Å². The van der Waals surface area contributed by atoms with E-state index in [4.69, 9.17) is 0 Å². The molecule has 1 aromatic rings. The largest absolute Gasteiger partial charge is 0.145 e. The molecule has 0 atom stereocenters. The lowest BCUT2D eigenvalue weighted by molar-refractivity contribution is 0.653. The van der Waals surface area contributed by atoms with Gasteiger partial charge in [0, 0.05) is 0 Å². The van der Waals surface area contributed by atoms with Crippen molar-refractivity contribution in [1.82, 2.24) is 0 Å². The van der Waals surface area contributed by atoms with Gasteiger partial charge in [0.2, 0.25) is 0 Å². The minimum atomic E-state index is 0.796. The lowest BCUT2D eigenvalue weighted by atomic mass is 9.92. The van der Waals surface area contributed by atoms with Crippen LogP contribution in [0.15, 0.2) is 46.8 Å². The molecule has 0 aromatic heterocycles. The van der Waals surface area contributed by atoms with Crippen LogP contribution in [0, 0.1) is 4.91 Å². The van der Waals surface area contributed by atoms with Crippen molar-refractivity contribution in [3.63, 3.8) is 0 Å². The van der Waals surface area contributed by atoms with Gasteiger partial charge in [0.05, 0.1) is 5.70 Å². The first kappa shape index (κ1) is 10.1. The maximum atomic E-state index is 10.7. The van der Waals surface area contributed by atoms with Crippen molar-refractivity contribution in [2.45, 2.75) is 32.1 Å². The number of nitroso groups, excluding NO2 is 1. The molecule has 2 rings (SSSR count). The molecule has 1 aliphatic rings. The fraction of sp³-hybridized carbons (Fsp3) is 0.385. The van der Waals surface area contributed by atoms with E-state index in [-0.39, 0.29) is 0 Å². The lowest BCUT2D eigenvalue weighted by Crippen LogP contribution is -2.01. The SMILES string of the molecule is O=NC1=C(Cc2ccccc2)CCCC1. The first-order chi connectivity index (χ1) is 7.40. The van der Waals surface area contributed by atoms with Gasteiger partial charge in [0.1, 0.15) is 0 Å². The van der Waals surface area contributed by atoms with E-state index in [1.165, 1.54) is 17.6 Å². The van der Waals surface area contributed by atoms with E-state index in [0.29, 0.717) is 0 Å². The second-order valence-corrected chi connectivity index (χ2v) is 4.01. The number of hydrogen-bond donors (Lipinski definition) is 0. The van der Waals surface area contributed by atoms with Crippen molar-refractivity contribution in [2.24, 2.45) is 5.18 Å². The molecule has 0 bridgehead atoms. The van der Waals surface area contributed by atoms with Gasteiger partial charge in [-0.3, -0.25) is 0 Å². The van der Waals surface area contributed by atoms with Crippen LogP contribution >= 0.6 is 0 Å². The summed E-state index contributed by atoms with van der Waals surface area (Å²) >= 11 is 0. The average molecular weight is 201 g/mol. The predicted octanol–water partition coefficient (Wildman–Crippen LogP) is 3.82. The molecule has 0 saturated heterocycles. The summed E-state index contributed by atoms with van der Waals surface area (Å²) in [5.74, 6) is 0. The molecule has 0 aliphatic heterocycles. The highest BCUT2D eigenvalue weighted by Gasteiger charge is 2.13. The van der Waals surface area contributed by atoms with Crippen molar-refractivity contribution >= 4 is 0 Å². The van der Waals surface area contributed by atoms with Crippen molar-refractivity contribution in [3.8, 4) is 0 Å². The predicted molar refractivity (Wildman–Crippen MR) is 61.4 cm³/mol. The summed E-state index contributed by atoms with van der Waals surface area (Å²) in [5.41, 5.74) is 3.31. The summed E-state index contributed by atoms with van der Waals surface area (Å²) in [6, 6.07) is 10.3. The molecule has 2 heteroatoms. The molecule has 1 aliphatic carbocycles. The number of allylic oxidation sites excluding steroid dienone is 2. The minimum absolute atomic E-state index is 0.796. The van der Waals surface area contributed by atoms with Gasteiger partial charge in [-0.1, -0.05) is 30.3 Å². The molecule has 15 heavy (non-hydrogen) atoms. The summed E-state index contributed by atoms with van der Waals surface area (Å²) in [7, 11) is 0. The smallest absolute Gasteiger partial charge is 0.0844 e. The fourth-order valence-electron chi connectivity index (χ4n) is 2.09. The van der Waals surface area contributed by atoms with Crippen molar-refractivity contribution in [3.05, 3.63) is 52.1 Å². The molecule has 0 saturated carbocycles. The number of benzene rings is 1. The quantitative estimate of drug-likeness (QED) is 0.683. The summed E-state index contributed by atoms with van der Waals surface area (Å²) in [4.78, 5) is 10.7. The van der Waals surface area contributed by atoms with E-state index < -0.39 is 0 Å². The Hall–Kier alpha value is -1.44. The standard InChI is InChI=1S/C13H15NO/c15-14-13-9-5-4-8-12(13)10-11-6-2-1-3-7-11/h1-3,6-7H,4-5,8-10H2. The zero-order valence-corrected chi connectivity index (χ0v) is 8.78. The zero-order chi connectivity index (χ0) is 10.5. The highest BCUT2D eigenvalue weighted by molar-refractivity contribution is 5.26.